The van der Waals surface area contributed by atoms with Crippen LogP contribution in [0.3, 0.4) is 0 Å². The van der Waals surface area contributed by atoms with Crippen LogP contribution in [0.4, 0.5) is 5.69 Å². The first-order chi connectivity index (χ1) is 11.4. The van der Waals surface area contributed by atoms with E-state index in [1.165, 1.54) is 12.3 Å². The molecule has 1 amide bonds. The van der Waals surface area contributed by atoms with E-state index in [-0.39, 0.29) is 5.56 Å². The van der Waals surface area contributed by atoms with E-state index in [1.807, 2.05) is 26.0 Å². The Kier molecular flexibility index (Phi) is 5.87. The summed E-state index contributed by atoms with van der Waals surface area (Å²) in [6.45, 7) is 3.45. The fraction of sp³-hybridized carbons (Fsp3) is 0.222. The van der Waals surface area contributed by atoms with Crippen LogP contribution in [0.25, 0.3) is 0 Å². The number of amides is 1. The van der Waals surface area contributed by atoms with Crippen LogP contribution in [-0.4, -0.2) is 28.9 Å². The first kappa shape index (κ1) is 17.9. The molecular formula is C18H19NO4S. The molecule has 0 bridgehead atoms. The summed E-state index contributed by atoms with van der Waals surface area (Å²) in [5.41, 5.74) is 2.91. The number of carbonyl (C=O) groups is 2. The SMILES string of the molecule is Cc1ccc(NC(=O)COC(=O)c2ccccc2[S@](C)=O)c(C)c1. The highest BCUT2D eigenvalue weighted by atomic mass is 32.2. The number of rotatable bonds is 5. The molecule has 5 nitrogen and oxygen atoms in total. The van der Waals surface area contributed by atoms with Crippen molar-refractivity contribution in [1.82, 2.24) is 0 Å². The molecule has 0 aliphatic rings. The Morgan fingerprint density at radius 2 is 1.83 bits per heavy atom. The highest BCUT2D eigenvalue weighted by molar-refractivity contribution is 7.84. The highest BCUT2D eigenvalue weighted by Gasteiger charge is 2.16. The lowest BCUT2D eigenvalue weighted by molar-refractivity contribution is -0.119. The van der Waals surface area contributed by atoms with Gasteiger partial charge in [-0.2, -0.15) is 0 Å². The van der Waals surface area contributed by atoms with Crippen LogP contribution in [-0.2, 0) is 20.3 Å². The molecule has 0 fully saturated rings. The van der Waals surface area contributed by atoms with Gasteiger partial charge in [-0.25, -0.2) is 4.79 Å². The lowest BCUT2D eigenvalue weighted by Gasteiger charge is -2.10. The Morgan fingerprint density at radius 1 is 1.12 bits per heavy atom. The van der Waals surface area contributed by atoms with Gasteiger partial charge in [-0.3, -0.25) is 9.00 Å². The summed E-state index contributed by atoms with van der Waals surface area (Å²) in [7, 11) is -1.31. The van der Waals surface area contributed by atoms with Crippen molar-refractivity contribution < 1.29 is 18.5 Å². The fourth-order valence-corrected chi connectivity index (χ4v) is 2.97. The molecule has 6 heteroatoms. The van der Waals surface area contributed by atoms with E-state index >= 15 is 0 Å². The second-order valence-electron chi connectivity index (χ2n) is 5.39. The summed E-state index contributed by atoms with van der Waals surface area (Å²) in [6, 6.07) is 12.1. The minimum atomic E-state index is -1.31. The molecule has 2 aromatic carbocycles. The zero-order valence-electron chi connectivity index (χ0n) is 13.8. The van der Waals surface area contributed by atoms with Crippen molar-refractivity contribution in [2.45, 2.75) is 18.7 Å². The zero-order chi connectivity index (χ0) is 17.7. The first-order valence-electron chi connectivity index (χ1n) is 7.35. The number of hydrogen-bond acceptors (Lipinski definition) is 4. The normalized spacial score (nSPS) is 11.6. The molecule has 0 aliphatic heterocycles. The number of anilines is 1. The van der Waals surface area contributed by atoms with Crippen molar-refractivity contribution in [3.05, 3.63) is 59.2 Å². The Hall–Kier alpha value is -2.47. The maximum atomic E-state index is 12.1. The van der Waals surface area contributed by atoms with Gasteiger partial charge in [-0.1, -0.05) is 29.8 Å². The summed E-state index contributed by atoms with van der Waals surface area (Å²) in [5.74, 6) is -1.10. The third-order valence-electron chi connectivity index (χ3n) is 3.41. The minimum Gasteiger partial charge on any atom is -0.452 e. The molecule has 126 valence electrons. The van der Waals surface area contributed by atoms with Crippen molar-refractivity contribution >= 4 is 28.4 Å². The van der Waals surface area contributed by atoms with E-state index in [1.54, 1.807) is 24.3 Å². The van der Waals surface area contributed by atoms with E-state index < -0.39 is 29.3 Å². The fourth-order valence-electron chi connectivity index (χ4n) is 2.23. The van der Waals surface area contributed by atoms with Crippen LogP contribution in [0.15, 0.2) is 47.4 Å². The van der Waals surface area contributed by atoms with Crippen LogP contribution in [0.5, 0.6) is 0 Å². The van der Waals surface area contributed by atoms with Crippen LogP contribution >= 0.6 is 0 Å². The van der Waals surface area contributed by atoms with E-state index in [4.69, 9.17) is 4.74 Å². The van der Waals surface area contributed by atoms with Crippen molar-refractivity contribution in [3.8, 4) is 0 Å². The summed E-state index contributed by atoms with van der Waals surface area (Å²) >= 11 is 0. The van der Waals surface area contributed by atoms with Gasteiger partial charge in [0.15, 0.2) is 6.61 Å². The minimum absolute atomic E-state index is 0.206. The van der Waals surface area contributed by atoms with E-state index in [0.717, 1.165) is 11.1 Å². The molecule has 0 heterocycles. The van der Waals surface area contributed by atoms with E-state index in [0.29, 0.717) is 10.6 Å². The Balaban J connectivity index is 1.99. The van der Waals surface area contributed by atoms with Crippen molar-refractivity contribution in [2.24, 2.45) is 0 Å². The van der Waals surface area contributed by atoms with Gasteiger partial charge in [0.1, 0.15) is 0 Å². The van der Waals surface area contributed by atoms with Gasteiger partial charge in [-0.05, 0) is 37.6 Å². The first-order valence-corrected chi connectivity index (χ1v) is 8.91. The number of hydrogen-bond donors (Lipinski definition) is 1. The third kappa shape index (κ3) is 4.52. The molecule has 2 rings (SSSR count). The molecule has 0 aliphatic carbocycles. The van der Waals surface area contributed by atoms with Gasteiger partial charge in [0.25, 0.3) is 5.91 Å². The molecule has 1 N–H and O–H groups in total. The molecule has 0 unspecified atom stereocenters. The van der Waals surface area contributed by atoms with E-state index in [2.05, 4.69) is 5.32 Å². The average Bonchev–Trinajstić information content (AvgIpc) is 2.55. The smallest absolute Gasteiger partial charge is 0.339 e. The number of aryl methyl sites for hydroxylation is 2. The number of ether oxygens (including phenoxy) is 1. The van der Waals surface area contributed by atoms with Gasteiger partial charge in [-0.15, -0.1) is 0 Å². The van der Waals surface area contributed by atoms with Crippen molar-refractivity contribution in [1.29, 1.82) is 0 Å². The molecule has 0 radical (unpaired) electrons. The van der Waals surface area contributed by atoms with Gasteiger partial charge in [0, 0.05) is 11.9 Å². The predicted molar refractivity (Wildman–Crippen MR) is 93.6 cm³/mol. The molecule has 2 aromatic rings. The predicted octanol–water partition coefficient (Wildman–Crippen LogP) is 2.84. The molecule has 1 atom stereocenters. The van der Waals surface area contributed by atoms with Gasteiger partial charge in [0.2, 0.25) is 0 Å². The third-order valence-corrected chi connectivity index (χ3v) is 4.38. The maximum Gasteiger partial charge on any atom is 0.339 e. The molecule has 0 aromatic heterocycles. The van der Waals surface area contributed by atoms with Crippen molar-refractivity contribution in [3.63, 3.8) is 0 Å². The average molecular weight is 345 g/mol. The standard InChI is InChI=1S/C18H19NO4S/c1-12-8-9-15(13(2)10-12)19-17(20)11-23-18(21)14-6-4-5-7-16(14)24(3)22/h4-10H,11H2,1-3H3,(H,19,20)/t24-/m0/s1. The van der Waals surface area contributed by atoms with E-state index in [9.17, 15) is 13.8 Å². The molecular weight excluding hydrogens is 326 g/mol. The number of esters is 1. The molecule has 24 heavy (non-hydrogen) atoms. The molecule has 0 saturated heterocycles. The Morgan fingerprint density at radius 3 is 2.50 bits per heavy atom. The maximum absolute atomic E-state index is 12.1. The number of carbonyl (C=O) groups excluding carboxylic acids is 2. The second-order valence-corrected chi connectivity index (χ2v) is 6.74. The summed E-state index contributed by atoms with van der Waals surface area (Å²) in [5, 5.41) is 2.71. The van der Waals surface area contributed by atoms with Crippen LogP contribution in [0.2, 0.25) is 0 Å². The quantitative estimate of drug-likeness (QED) is 0.846. The van der Waals surface area contributed by atoms with Crippen LogP contribution in [0.1, 0.15) is 21.5 Å². The van der Waals surface area contributed by atoms with Gasteiger partial charge >= 0.3 is 5.97 Å². The monoisotopic (exact) mass is 345 g/mol. The largest absolute Gasteiger partial charge is 0.452 e. The second kappa shape index (κ2) is 7.88. The van der Waals surface area contributed by atoms with Gasteiger partial charge < -0.3 is 10.1 Å². The van der Waals surface area contributed by atoms with Crippen LogP contribution in [0, 0.1) is 13.8 Å². The number of nitrogens with one attached hydrogen (secondary N) is 1. The zero-order valence-corrected chi connectivity index (χ0v) is 14.6. The van der Waals surface area contributed by atoms with Crippen molar-refractivity contribution in [2.75, 3.05) is 18.2 Å². The Bertz CT molecular complexity index is 801. The highest BCUT2D eigenvalue weighted by Crippen LogP contribution is 2.16. The molecule has 0 saturated carbocycles. The van der Waals surface area contributed by atoms with Crippen LogP contribution < -0.4 is 5.32 Å². The molecule has 0 spiro atoms. The summed E-state index contributed by atoms with van der Waals surface area (Å²) < 4.78 is 16.7. The lowest BCUT2D eigenvalue weighted by atomic mass is 10.1. The number of benzene rings is 2. The lowest BCUT2D eigenvalue weighted by Crippen LogP contribution is -2.21. The summed E-state index contributed by atoms with van der Waals surface area (Å²) in [6.07, 6.45) is 1.49. The van der Waals surface area contributed by atoms with Gasteiger partial charge in [0.05, 0.1) is 21.3 Å². The summed E-state index contributed by atoms with van der Waals surface area (Å²) in [4.78, 5) is 24.4. The Labute approximate surface area is 143 Å². The topological polar surface area (TPSA) is 72.5 Å².